The zero-order valence-corrected chi connectivity index (χ0v) is 12.7. The summed E-state index contributed by atoms with van der Waals surface area (Å²) in [6.07, 6.45) is 2.23. The first kappa shape index (κ1) is 15.3. The second-order valence-corrected chi connectivity index (χ2v) is 7.21. The van der Waals surface area contributed by atoms with E-state index in [2.05, 4.69) is 5.32 Å². The van der Waals surface area contributed by atoms with Crippen molar-refractivity contribution < 1.29 is 13.2 Å². The summed E-state index contributed by atoms with van der Waals surface area (Å²) < 4.78 is 26.2. The van der Waals surface area contributed by atoms with Gasteiger partial charge >= 0.3 is 0 Å². The number of likely N-dealkylation sites (N-methyl/N-ethyl adjacent to an activating group) is 1. The predicted octanol–water partition coefficient (Wildman–Crippen LogP) is 1.63. The van der Waals surface area contributed by atoms with E-state index in [4.69, 9.17) is 11.6 Å². The Hall–Kier alpha value is -1.11. The van der Waals surface area contributed by atoms with Crippen LogP contribution in [0.3, 0.4) is 0 Å². The molecule has 1 heterocycles. The highest BCUT2D eigenvalue weighted by molar-refractivity contribution is 7.89. The third kappa shape index (κ3) is 3.13. The molecule has 5 nitrogen and oxygen atoms in total. The summed E-state index contributed by atoms with van der Waals surface area (Å²) in [5.41, 5.74) is 0. The van der Waals surface area contributed by atoms with Gasteiger partial charge in [-0.05, 0) is 43.5 Å². The minimum Gasteiger partial charge on any atom is -0.355 e. The summed E-state index contributed by atoms with van der Waals surface area (Å²) >= 11 is 5.76. The monoisotopic (exact) mass is 316 g/mol. The van der Waals surface area contributed by atoms with Crippen LogP contribution in [0.1, 0.15) is 19.3 Å². The number of sulfonamides is 1. The third-order valence-electron chi connectivity index (χ3n) is 3.44. The molecule has 1 aromatic carbocycles. The number of hydrogen-bond donors (Lipinski definition) is 1. The number of benzene rings is 1. The van der Waals surface area contributed by atoms with E-state index >= 15 is 0 Å². The molecule has 1 aromatic rings. The molecule has 1 amide bonds. The Labute approximate surface area is 124 Å². The topological polar surface area (TPSA) is 66.5 Å². The molecule has 1 unspecified atom stereocenters. The maximum atomic E-state index is 12.5. The first-order valence-corrected chi connectivity index (χ1v) is 8.26. The molecule has 1 atom stereocenters. The van der Waals surface area contributed by atoms with Crippen molar-refractivity contribution in [1.82, 2.24) is 9.62 Å². The van der Waals surface area contributed by atoms with Crippen LogP contribution >= 0.6 is 11.6 Å². The second-order valence-electron chi connectivity index (χ2n) is 4.78. The highest BCUT2D eigenvalue weighted by Crippen LogP contribution is 2.21. The Morgan fingerprint density at radius 1 is 1.25 bits per heavy atom. The maximum absolute atomic E-state index is 12.5. The molecule has 0 bridgehead atoms. The van der Waals surface area contributed by atoms with Crippen molar-refractivity contribution in [3.05, 3.63) is 29.3 Å². The van der Waals surface area contributed by atoms with Gasteiger partial charge in [0.25, 0.3) is 0 Å². The standard InChI is InChI=1S/C13H17ClN2O3S/c1-16(12-4-2-3-9-15-13(12)17)20(18,19)11-7-5-10(14)6-8-11/h5-8,12H,2-4,9H2,1H3,(H,15,17). The van der Waals surface area contributed by atoms with Gasteiger partial charge in [-0.3, -0.25) is 4.79 Å². The van der Waals surface area contributed by atoms with Gasteiger partial charge in [0.2, 0.25) is 15.9 Å². The first-order chi connectivity index (χ1) is 9.43. The molecular weight excluding hydrogens is 300 g/mol. The van der Waals surface area contributed by atoms with Crippen LogP contribution in [0.2, 0.25) is 5.02 Å². The van der Waals surface area contributed by atoms with Crippen molar-refractivity contribution in [3.8, 4) is 0 Å². The number of nitrogens with zero attached hydrogens (tertiary/aromatic N) is 1. The van der Waals surface area contributed by atoms with Gasteiger partial charge in [0.15, 0.2) is 0 Å². The van der Waals surface area contributed by atoms with Crippen LogP contribution in [-0.2, 0) is 14.8 Å². The molecule has 2 rings (SSSR count). The van der Waals surface area contributed by atoms with Crippen LogP contribution in [0.4, 0.5) is 0 Å². The van der Waals surface area contributed by atoms with Gasteiger partial charge in [0.05, 0.1) is 4.90 Å². The summed E-state index contributed by atoms with van der Waals surface area (Å²) in [4.78, 5) is 12.1. The van der Waals surface area contributed by atoms with E-state index in [1.807, 2.05) is 0 Å². The van der Waals surface area contributed by atoms with Gasteiger partial charge < -0.3 is 5.32 Å². The minimum atomic E-state index is -3.69. The molecule has 1 N–H and O–H groups in total. The summed E-state index contributed by atoms with van der Waals surface area (Å²) in [5.74, 6) is -0.234. The predicted molar refractivity (Wildman–Crippen MR) is 77.0 cm³/mol. The van der Waals surface area contributed by atoms with Gasteiger partial charge in [-0.1, -0.05) is 11.6 Å². The summed E-state index contributed by atoms with van der Waals surface area (Å²) in [6, 6.07) is 5.29. The van der Waals surface area contributed by atoms with Crippen LogP contribution < -0.4 is 5.32 Å². The van der Waals surface area contributed by atoms with Crippen LogP contribution in [0.15, 0.2) is 29.2 Å². The molecular formula is C13H17ClN2O3S. The van der Waals surface area contributed by atoms with Crippen molar-refractivity contribution in [3.63, 3.8) is 0 Å². The third-order valence-corrected chi connectivity index (χ3v) is 5.57. The summed E-state index contributed by atoms with van der Waals surface area (Å²) in [5, 5.41) is 3.21. The molecule has 1 aliphatic heterocycles. The molecule has 0 aromatic heterocycles. The second kappa shape index (κ2) is 6.11. The van der Waals surface area contributed by atoms with Crippen molar-refractivity contribution >= 4 is 27.5 Å². The highest BCUT2D eigenvalue weighted by Gasteiger charge is 2.33. The lowest BCUT2D eigenvalue weighted by atomic mass is 10.1. The van der Waals surface area contributed by atoms with E-state index < -0.39 is 16.1 Å². The van der Waals surface area contributed by atoms with Gasteiger partial charge in [0, 0.05) is 18.6 Å². The fourth-order valence-corrected chi connectivity index (χ4v) is 3.69. The molecule has 1 saturated heterocycles. The summed E-state index contributed by atoms with van der Waals surface area (Å²) in [7, 11) is -2.25. The maximum Gasteiger partial charge on any atom is 0.243 e. The largest absolute Gasteiger partial charge is 0.355 e. The van der Waals surface area contributed by atoms with E-state index in [9.17, 15) is 13.2 Å². The minimum absolute atomic E-state index is 0.140. The molecule has 0 spiro atoms. The lowest BCUT2D eigenvalue weighted by Crippen LogP contribution is -2.46. The lowest BCUT2D eigenvalue weighted by molar-refractivity contribution is -0.124. The average Bonchev–Trinajstić information content (AvgIpc) is 2.63. The number of carbonyl (C=O) groups excluding carboxylic acids is 1. The fraction of sp³-hybridized carbons (Fsp3) is 0.462. The van der Waals surface area contributed by atoms with E-state index in [-0.39, 0.29) is 10.8 Å². The van der Waals surface area contributed by atoms with Crippen LogP contribution in [0.25, 0.3) is 0 Å². The number of carbonyl (C=O) groups is 1. The molecule has 1 fully saturated rings. The lowest BCUT2D eigenvalue weighted by Gasteiger charge is -2.25. The highest BCUT2D eigenvalue weighted by atomic mass is 35.5. The smallest absolute Gasteiger partial charge is 0.243 e. The van der Waals surface area contributed by atoms with Crippen molar-refractivity contribution in [1.29, 1.82) is 0 Å². The molecule has 1 aliphatic rings. The van der Waals surface area contributed by atoms with E-state index in [0.717, 1.165) is 17.1 Å². The van der Waals surface area contributed by atoms with Gasteiger partial charge in [-0.2, -0.15) is 4.31 Å². The Bertz CT molecular complexity index is 586. The Morgan fingerprint density at radius 3 is 2.55 bits per heavy atom. The van der Waals surface area contributed by atoms with Crippen LogP contribution in [-0.4, -0.2) is 38.3 Å². The molecule has 20 heavy (non-hydrogen) atoms. The number of halogens is 1. The number of amides is 1. The average molecular weight is 317 g/mol. The molecule has 0 saturated carbocycles. The number of rotatable bonds is 3. The Kier molecular flexibility index (Phi) is 4.67. The normalized spacial score (nSPS) is 20.6. The first-order valence-electron chi connectivity index (χ1n) is 6.44. The van der Waals surface area contributed by atoms with E-state index in [0.29, 0.717) is 18.0 Å². The summed E-state index contributed by atoms with van der Waals surface area (Å²) in [6.45, 7) is 0.601. The van der Waals surface area contributed by atoms with Crippen molar-refractivity contribution in [2.45, 2.75) is 30.2 Å². The van der Waals surface area contributed by atoms with Crippen LogP contribution in [0.5, 0.6) is 0 Å². The Balaban J connectivity index is 2.28. The quantitative estimate of drug-likeness (QED) is 0.921. The van der Waals surface area contributed by atoms with Crippen molar-refractivity contribution in [2.24, 2.45) is 0 Å². The van der Waals surface area contributed by atoms with E-state index in [1.165, 1.54) is 31.3 Å². The van der Waals surface area contributed by atoms with E-state index in [1.54, 1.807) is 0 Å². The molecule has 0 radical (unpaired) electrons. The van der Waals surface area contributed by atoms with Crippen molar-refractivity contribution in [2.75, 3.05) is 13.6 Å². The van der Waals surface area contributed by atoms with Gasteiger partial charge in [0.1, 0.15) is 6.04 Å². The number of hydrogen-bond acceptors (Lipinski definition) is 3. The zero-order valence-electron chi connectivity index (χ0n) is 11.2. The zero-order chi connectivity index (χ0) is 14.8. The Morgan fingerprint density at radius 2 is 1.90 bits per heavy atom. The molecule has 7 heteroatoms. The van der Waals surface area contributed by atoms with Gasteiger partial charge in [-0.25, -0.2) is 8.42 Å². The molecule has 110 valence electrons. The SMILES string of the molecule is CN(C1CCCCNC1=O)S(=O)(=O)c1ccc(Cl)cc1. The number of nitrogens with one attached hydrogen (secondary N) is 1. The molecule has 0 aliphatic carbocycles. The van der Waals surface area contributed by atoms with Crippen LogP contribution in [0, 0.1) is 0 Å². The van der Waals surface area contributed by atoms with Gasteiger partial charge in [-0.15, -0.1) is 0 Å². The fourth-order valence-electron chi connectivity index (χ4n) is 2.21.